The summed E-state index contributed by atoms with van der Waals surface area (Å²) in [6, 6.07) is 28.1. The third-order valence-electron chi connectivity index (χ3n) is 6.67. The minimum Gasteiger partial charge on any atom is -0.328 e. The van der Waals surface area contributed by atoms with E-state index in [0.717, 1.165) is 31.2 Å². The third kappa shape index (κ3) is 4.76. The highest BCUT2D eigenvalue weighted by Crippen LogP contribution is 2.26. The normalized spacial score (nSPS) is 21.4. The molecule has 168 valence electrons. The molecule has 0 radical (unpaired) electrons. The van der Waals surface area contributed by atoms with Crippen LogP contribution in [0.1, 0.15) is 42.9 Å². The molecule has 0 bridgehead atoms. The lowest BCUT2D eigenvalue weighted by Crippen LogP contribution is -2.53. The maximum atomic E-state index is 5.13. The van der Waals surface area contributed by atoms with Gasteiger partial charge in [-0.1, -0.05) is 92.7 Å². The molecule has 0 amide bonds. The van der Waals surface area contributed by atoms with Gasteiger partial charge in [0, 0.05) is 18.0 Å². The molecule has 33 heavy (non-hydrogen) atoms. The van der Waals surface area contributed by atoms with Crippen LogP contribution in [0.3, 0.4) is 0 Å². The standard InChI is InChI=1S/C29H32N4/c1-20(2)24-10-6-7-11-25(24)29-32-27-19-30-17-16-26(27)28(33-29)31-18-21-12-14-23(15-13-21)22-8-4-3-5-9-22/h3-15,20,26-27,30H,16-19H2,1-2H3,(H,31,32,33). The molecule has 0 saturated carbocycles. The van der Waals surface area contributed by atoms with E-state index in [1.165, 1.54) is 27.8 Å². The van der Waals surface area contributed by atoms with Crippen LogP contribution in [0.25, 0.3) is 11.1 Å². The minimum absolute atomic E-state index is 0.231. The highest BCUT2D eigenvalue weighted by molar-refractivity contribution is 6.12. The molecule has 2 heterocycles. The van der Waals surface area contributed by atoms with E-state index in [-0.39, 0.29) is 6.04 Å². The van der Waals surface area contributed by atoms with Crippen LogP contribution in [0, 0.1) is 5.92 Å². The highest BCUT2D eigenvalue weighted by Gasteiger charge is 2.34. The van der Waals surface area contributed by atoms with Crippen molar-refractivity contribution in [1.82, 2.24) is 10.6 Å². The van der Waals surface area contributed by atoms with Gasteiger partial charge in [0.05, 0.1) is 12.6 Å². The zero-order valence-corrected chi connectivity index (χ0v) is 19.5. The van der Waals surface area contributed by atoms with Crippen molar-refractivity contribution < 1.29 is 0 Å². The number of hydrogen-bond donors (Lipinski definition) is 2. The number of nitrogens with zero attached hydrogens (tertiary/aromatic N) is 2. The molecular formula is C29H32N4. The lowest BCUT2D eigenvalue weighted by Gasteiger charge is -2.36. The fourth-order valence-electron chi connectivity index (χ4n) is 4.83. The molecule has 2 N–H and O–H groups in total. The molecule has 2 atom stereocenters. The Labute approximate surface area is 196 Å². The second-order valence-corrected chi connectivity index (χ2v) is 9.28. The molecule has 2 aliphatic rings. The summed E-state index contributed by atoms with van der Waals surface area (Å²) in [4.78, 5) is 10.2. The van der Waals surface area contributed by atoms with E-state index in [9.17, 15) is 0 Å². The summed E-state index contributed by atoms with van der Waals surface area (Å²) in [6.07, 6.45) is 1.06. The van der Waals surface area contributed by atoms with Gasteiger partial charge >= 0.3 is 0 Å². The number of amidine groups is 2. The van der Waals surface area contributed by atoms with E-state index in [1.54, 1.807) is 0 Å². The fourth-order valence-corrected chi connectivity index (χ4v) is 4.83. The summed E-state index contributed by atoms with van der Waals surface area (Å²) >= 11 is 0. The van der Waals surface area contributed by atoms with Crippen LogP contribution in [0.15, 0.2) is 88.8 Å². The van der Waals surface area contributed by atoms with Gasteiger partial charge in [-0.05, 0) is 41.1 Å². The van der Waals surface area contributed by atoms with Crippen molar-refractivity contribution >= 4 is 11.7 Å². The molecule has 5 rings (SSSR count). The van der Waals surface area contributed by atoms with Crippen LogP contribution in [0.2, 0.25) is 0 Å². The second kappa shape index (κ2) is 9.72. The minimum atomic E-state index is 0.231. The molecule has 0 aromatic heterocycles. The zero-order chi connectivity index (χ0) is 22.6. The molecule has 1 saturated heterocycles. The van der Waals surface area contributed by atoms with Gasteiger partial charge < -0.3 is 10.6 Å². The Morgan fingerprint density at radius 1 is 0.909 bits per heavy atom. The molecule has 0 aliphatic carbocycles. The number of rotatable bonds is 5. The predicted molar refractivity (Wildman–Crippen MR) is 138 cm³/mol. The SMILES string of the molecule is CC(C)c1ccccc1C1=NC2CNCCC2C(=NCc2ccc(-c3ccccc3)cc2)N1. The molecular weight excluding hydrogens is 404 g/mol. The smallest absolute Gasteiger partial charge is 0.134 e. The maximum absolute atomic E-state index is 5.13. The lowest BCUT2D eigenvalue weighted by molar-refractivity contribution is 0.389. The molecule has 4 nitrogen and oxygen atoms in total. The summed E-state index contributed by atoms with van der Waals surface area (Å²) in [5.41, 5.74) is 6.21. The molecule has 4 heteroatoms. The van der Waals surface area contributed by atoms with Gasteiger partial charge in [-0.2, -0.15) is 0 Å². The Morgan fingerprint density at radius 2 is 1.64 bits per heavy atom. The number of aliphatic imine (C=N–C) groups is 2. The van der Waals surface area contributed by atoms with Crippen LogP contribution < -0.4 is 10.6 Å². The topological polar surface area (TPSA) is 48.8 Å². The quantitative estimate of drug-likeness (QED) is 0.562. The van der Waals surface area contributed by atoms with E-state index < -0.39 is 0 Å². The molecule has 0 spiro atoms. The van der Waals surface area contributed by atoms with Crippen molar-refractivity contribution in [3.05, 3.63) is 95.6 Å². The van der Waals surface area contributed by atoms with Crippen LogP contribution in [0.4, 0.5) is 0 Å². The Hall–Kier alpha value is -3.24. The van der Waals surface area contributed by atoms with Crippen molar-refractivity contribution in [1.29, 1.82) is 0 Å². The number of piperidine rings is 1. The van der Waals surface area contributed by atoms with E-state index in [2.05, 4.69) is 103 Å². The monoisotopic (exact) mass is 436 g/mol. The molecule has 3 aromatic carbocycles. The number of fused-ring (bicyclic) bond motifs is 1. The first-order valence-electron chi connectivity index (χ1n) is 12.0. The first-order chi connectivity index (χ1) is 16.2. The van der Waals surface area contributed by atoms with Gasteiger partial charge in [0.2, 0.25) is 0 Å². The highest BCUT2D eigenvalue weighted by atomic mass is 15.1. The van der Waals surface area contributed by atoms with Crippen molar-refractivity contribution in [2.75, 3.05) is 13.1 Å². The summed E-state index contributed by atoms with van der Waals surface area (Å²) in [5, 5.41) is 7.16. The summed E-state index contributed by atoms with van der Waals surface area (Å²) in [5.74, 6) is 2.83. The Bertz CT molecular complexity index is 1150. The zero-order valence-electron chi connectivity index (χ0n) is 19.5. The average Bonchev–Trinajstić information content (AvgIpc) is 2.88. The molecule has 2 unspecified atom stereocenters. The van der Waals surface area contributed by atoms with E-state index >= 15 is 0 Å². The average molecular weight is 437 g/mol. The van der Waals surface area contributed by atoms with Gasteiger partial charge in [-0.15, -0.1) is 0 Å². The van der Waals surface area contributed by atoms with Crippen molar-refractivity contribution in [3.63, 3.8) is 0 Å². The molecule has 3 aromatic rings. The van der Waals surface area contributed by atoms with Gasteiger partial charge in [0.1, 0.15) is 11.7 Å². The largest absolute Gasteiger partial charge is 0.328 e. The third-order valence-corrected chi connectivity index (χ3v) is 6.67. The van der Waals surface area contributed by atoms with Crippen molar-refractivity contribution in [2.24, 2.45) is 15.9 Å². The Balaban J connectivity index is 1.40. The number of nitrogens with one attached hydrogen (secondary N) is 2. The van der Waals surface area contributed by atoms with Crippen LogP contribution in [-0.2, 0) is 6.54 Å². The molecule has 2 aliphatic heterocycles. The summed E-state index contributed by atoms with van der Waals surface area (Å²) in [7, 11) is 0. The Morgan fingerprint density at radius 3 is 2.42 bits per heavy atom. The van der Waals surface area contributed by atoms with Crippen LogP contribution in [0.5, 0.6) is 0 Å². The fraction of sp³-hybridized carbons (Fsp3) is 0.310. The summed E-state index contributed by atoms with van der Waals surface area (Å²) in [6.45, 7) is 7.07. The van der Waals surface area contributed by atoms with Gasteiger partial charge in [0.15, 0.2) is 0 Å². The first-order valence-corrected chi connectivity index (χ1v) is 12.0. The van der Waals surface area contributed by atoms with Crippen molar-refractivity contribution in [2.45, 2.75) is 38.8 Å². The number of hydrogen-bond acceptors (Lipinski definition) is 3. The number of benzene rings is 3. The van der Waals surface area contributed by atoms with Gasteiger partial charge in [-0.25, -0.2) is 0 Å². The lowest BCUT2D eigenvalue weighted by atomic mass is 9.88. The van der Waals surface area contributed by atoms with E-state index in [4.69, 9.17) is 9.98 Å². The molecule has 1 fully saturated rings. The van der Waals surface area contributed by atoms with E-state index in [0.29, 0.717) is 18.4 Å². The van der Waals surface area contributed by atoms with Gasteiger partial charge in [-0.3, -0.25) is 9.98 Å². The second-order valence-electron chi connectivity index (χ2n) is 9.28. The van der Waals surface area contributed by atoms with Crippen LogP contribution >= 0.6 is 0 Å². The van der Waals surface area contributed by atoms with E-state index in [1.807, 2.05) is 0 Å². The van der Waals surface area contributed by atoms with Gasteiger partial charge in [0.25, 0.3) is 0 Å². The summed E-state index contributed by atoms with van der Waals surface area (Å²) < 4.78 is 0. The first kappa shape index (κ1) is 21.6. The Kier molecular flexibility index (Phi) is 6.36. The van der Waals surface area contributed by atoms with Crippen molar-refractivity contribution in [3.8, 4) is 11.1 Å². The maximum Gasteiger partial charge on any atom is 0.134 e. The predicted octanol–water partition coefficient (Wildman–Crippen LogP) is 5.40. The van der Waals surface area contributed by atoms with Crippen LogP contribution in [-0.4, -0.2) is 30.8 Å².